The third-order valence-electron chi connectivity index (χ3n) is 9.52. The van der Waals surface area contributed by atoms with E-state index in [9.17, 15) is 18.3 Å². The molecule has 2 aromatic carbocycles. The fraction of sp³-hybridized carbons (Fsp3) is 0.500. The van der Waals surface area contributed by atoms with E-state index in [4.69, 9.17) is 28.3 Å². The number of likely N-dealkylation sites (tertiary alicyclic amines) is 1. The van der Waals surface area contributed by atoms with Gasteiger partial charge in [0.25, 0.3) is 0 Å². The number of piperidine rings is 1. The van der Waals surface area contributed by atoms with Crippen LogP contribution in [0, 0.1) is 5.41 Å². The van der Waals surface area contributed by atoms with Crippen LogP contribution in [0.15, 0.2) is 42.5 Å². The van der Waals surface area contributed by atoms with Crippen LogP contribution in [0.1, 0.15) is 41.6 Å². The minimum atomic E-state index is -3.39. The topological polar surface area (TPSA) is 108 Å². The third kappa shape index (κ3) is 6.71. The lowest BCUT2D eigenvalue weighted by atomic mass is 9.77. The Bertz CT molecular complexity index is 1630. The summed E-state index contributed by atoms with van der Waals surface area (Å²) in [6.45, 7) is 3.71. The lowest BCUT2D eigenvalue weighted by Crippen LogP contribution is -2.46. The van der Waals surface area contributed by atoms with Gasteiger partial charge < -0.3 is 15.3 Å². The third-order valence-corrected chi connectivity index (χ3v) is 11.4. The molecule has 0 radical (unpaired) electrons. The van der Waals surface area contributed by atoms with Crippen molar-refractivity contribution < 1.29 is 18.3 Å². The first-order chi connectivity index (χ1) is 21.0. The average Bonchev–Trinajstić information content (AvgIpc) is 3.53. The van der Waals surface area contributed by atoms with E-state index in [1.807, 2.05) is 47.1 Å². The summed E-state index contributed by atoms with van der Waals surface area (Å²) < 4.78 is 28.4. The van der Waals surface area contributed by atoms with Gasteiger partial charge in [-0.25, -0.2) is 8.42 Å². The molecule has 1 amide bonds. The first-order valence-electron chi connectivity index (χ1n) is 15.3. The summed E-state index contributed by atoms with van der Waals surface area (Å²) in [6.07, 6.45) is 5.12. The molecular weight excluding hydrogens is 621 g/mol. The number of amides is 1. The Hall–Kier alpha value is -2.47. The fourth-order valence-electron chi connectivity index (χ4n) is 6.89. The van der Waals surface area contributed by atoms with Crippen LogP contribution in [0.2, 0.25) is 10.0 Å². The summed E-state index contributed by atoms with van der Waals surface area (Å²) in [5.41, 5.74) is 5.31. The maximum absolute atomic E-state index is 12.5. The smallest absolute Gasteiger partial charge is 0.226 e. The van der Waals surface area contributed by atoms with Crippen LogP contribution < -0.4 is 5.32 Å². The van der Waals surface area contributed by atoms with Gasteiger partial charge in [-0.3, -0.25) is 9.48 Å². The van der Waals surface area contributed by atoms with Crippen molar-refractivity contribution in [3.8, 4) is 11.3 Å². The first-order valence-corrected chi connectivity index (χ1v) is 17.9. The van der Waals surface area contributed by atoms with Crippen molar-refractivity contribution in [2.24, 2.45) is 5.41 Å². The number of aliphatic hydroxyl groups is 1. The van der Waals surface area contributed by atoms with E-state index in [1.54, 1.807) is 0 Å². The van der Waals surface area contributed by atoms with Crippen molar-refractivity contribution in [3.05, 3.63) is 74.9 Å². The largest absolute Gasteiger partial charge is 0.390 e. The molecule has 0 aliphatic carbocycles. The standard InChI is InChI=1S/C32H39Cl2N5O4S/c1-44(42,43)38-15-10-29-27(21-38)30(24-6-9-28(34)23(18-24)5-2-22-3-7-25(33)8-4-22)36-39(29)20-26(40)19-37-16-12-32(13-17-37)11-14-35-31(32)41/h3-4,6-9,18,26,40H,2,5,10-17,19-21H2,1H3,(H,35,41). The number of carbonyl (C=O) groups excluding carboxylic acids is 1. The predicted octanol–water partition coefficient (Wildman–Crippen LogP) is 3.92. The molecule has 9 nitrogen and oxygen atoms in total. The van der Waals surface area contributed by atoms with Crippen LogP contribution in [0.3, 0.4) is 0 Å². The van der Waals surface area contributed by atoms with E-state index in [1.165, 1.54) is 10.6 Å². The number of hydrogen-bond donors (Lipinski definition) is 2. The molecule has 4 heterocycles. The zero-order valence-corrected chi connectivity index (χ0v) is 27.3. The fourth-order valence-corrected chi connectivity index (χ4v) is 8.01. The van der Waals surface area contributed by atoms with E-state index in [-0.39, 0.29) is 17.9 Å². The maximum Gasteiger partial charge on any atom is 0.226 e. The molecule has 0 saturated carbocycles. The van der Waals surface area contributed by atoms with Gasteiger partial charge >= 0.3 is 0 Å². The quantitative estimate of drug-likeness (QED) is 0.361. The highest BCUT2D eigenvalue weighted by Gasteiger charge is 2.44. The highest BCUT2D eigenvalue weighted by Crippen LogP contribution is 2.38. The molecule has 2 saturated heterocycles. The van der Waals surface area contributed by atoms with Gasteiger partial charge in [0.1, 0.15) is 0 Å². The van der Waals surface area contributed by atoms with Crippen molar-refractivity contribution in [1.29, 1.82) is 0 Å². The maximum atomic E-state index is 12.5. The normalized spacial score (nSPS) is 19.7. The highest BCUT2D eigenvalue weighted by molar-refractivity contribution is 7.88. The van der Waals surface area contributed by atoms with Crippen LogP contribution in [0.25, 0.3) is 11.3 Å². The van der Waals surface area contributed by atoms with E-state index in [0.717, 1.165) is 85.4 Å². The number of benzene rings is 2. The van der Waals surface area contributed by atoms with Gasteiger partial charge in [0.2, 0.25) is 15.9 Å². The number of halogens is 2. The zero-order valence-electron chi connectivity index (χ0n) is 24.9. The van der Waals surface area contributed by atoms with Gasteiger partial charge in [0.15, 0.2) is 0 Å². The van der Waals surface area contributed by atoms with Gasteiger partial charge in [-0.2, -0.15) is 9.40 Å². The number of aliphatic hydroxyl groups excluding tert-OH is 1. The van der Waals surface area contributed by atoms with E-state index in [2.05, 4.69) is 10.2 Å². The molecule has 44 heavy (non-hydrogen) atoms. The van der Waals surface area contributed by atoms with Crippen LogP contribution in [0.4, 0.5) is 0 Å². The molecular formula is C32H39Cl2N5O4S. The Balaban J connectivity index is 1.22. The summed E-state index contributed by atoms with van der Waals surface area (Å²) >= 11 is 12.7. The van der Waals surface area contributed by atoms with Gasteiger partial charge in [0, 0.05) is 59.5 Å². The number of rotatable bonds is 9. The van der Waals surface area contributed by atoms with Crippen LogP contribution in [-0.2, 0) is 47.2 Å². The molecule has 3 aliphatic heterocycles. The highest BCUT2D eigenvalue weighted by atomic mass is 35.5. The minimum Gasteiger partial charge on any atom is -0.390 e. The van der Waals surface area contributed by atoms with Crippen molar-refractivity contribution in [3.63, 3.8) is 0 Å². The molecule has 1 unspecified atom stereocenters. The van der Waals surface area contributed by atoms with Gasteiger partial charge in [-0.1, -0.05) is 41.4 Å². The average molecular weight is 661 g/mol. The molecule has 0 bridgehead atoms. The number of nitrogens with one attached hydrogen (secondary N) is 1. The van der Waals surface area contributed by atoms with Gasteiger partial charge in [0.05, 0.1) is 30.0 Å². The second kappa shape index (κ2) is 12.7. The predicted molar refractivity (Wildman–Crippen MR) is 172 cm³/mol. The van der Waals surface area contributed by atoms with E-state index >= 15 is 0 Å². The Morgan fingerprint density at radius 2 is 1.77 bits per heavy atom. The Morgan fingerprint density at radius 1 is 1.02 bits per heavy atom. The molecule has 2 fully saturated rings. The van der Waals surface area contributed by atoms with Crippen molar-refractivity contribution in [2.75, 3.05) is 39.0 Å². The number of nitrogens with zero attached hydrogens (tertiary/aromatic N) is 4. The number of sulfonamides is 1. The molecule has 3 aromatic rings. The van der Waals surface area contributed by atoms with Crippen LogP contribution in [-0.4, -0.2) is 83.5 Å². The van der Waals surface area contributed by atoms with Crippen LogP contribution >= 0.6 is 23.2 Å². The summed E-state index contributed by atoms with van der Waals surface area (Å²) in [7, 11) is -3.39. The summed E-state index contributed by atoms with van der Waals surface area (Å²) in [5.74, 6) is 0.173. The monoisotopic (exact) mass is 659 g/mol. The molecule has 236 valence electrons. The number of fused-ring (bicyclic) bond motifs is 1. The molecule has 3 aliphatic rings. The Morgan fingerprint density at radius 3 is 2.45 bits per heavy atom. The molecule has 6 rings (SSSR count). The first kappa shape index (κ1) is 31.5. The second-order valence-corrected chi connectivity index (χ2v) is 15.3. The zero-order chi connectivity index (χ0) is 31.1. The van der Waals surface area contributed by atoms with Gasteiger partial charge in [-0.05, 0) is 80.6 Å². The molecule has 1 spiro atoms. The van der Waals surface area contributed by atoms with Crippen molar-refractivity contribution in [2.45, 2.75) is 57.7 Å². The van der Waals surface area contributed by atoms with Crippen molar-refractivity contribution >= 4 is 39.1 Å². The number of carbonyl (C=O) groups is 1. The number of hydrogen-bond acceptors (Lipinski definition) is 6. The van der Waals surface area contributed by atoms with E-state index < -0.39 is 16.1 Å². The minimum absolute atomic E-state index is 0.173. The molecule has 1 atom stereocenters. The molecule has 1 aromatic heterocycles. The number of aryl methyl sites for hydroxylation is 2. The molecule has 12 heteroatoms. The Kier molecular flexibility index (Phi) is 9.12. The lowest BCUT2D eigenvalue weighted by Gasteiger charge is -2.38. The SMILES string of the molecule is CS(=O)(=O)N1CCc2c(c(-c3ccc(Cl)c(CCc4ccc(Cl)cc4)c3)nn2CC(O)CN2CCC3(CCNC3=O)CC2)C1. The Labute approximate surface area is 269 Å². The van der Waals surface area contributed by atoms with Gasteiger partial charge in [-0.15, -0.1) is 0 Å². The summed E-state index contributed by atoms with van der Waals surface area (Å²) in [4.78, 5) is 14.6. The molecule has 2 N–H and O–H groups in total. The number of aromatic nitrogens is 2. The van der Waals surface area contributed by atoms with Crippen LogP contribution in [0.5, 0.6) is 0 Å². The summed E-state index contributed by atoms with van der Waals surface area (Å²) in [5, 5.41) is 20.5. The van der Waals surface area contributed by atoms with Crippen molar-refractivity contribution in [1.82, 2.24) is 24.3 Å². The second-order valence-electron chi connectivity index (χ2n) is 12.5. The van der Waals surface area contributed by atoms with E-state index in [0.29, 0.717) is 36.1 Å². The summed E-state index contributed by atoms with van der Waals surface area (Å²) in [6, 6.07) is 13.6. The lowest BCUT2D eigenvalue weighted by molar-refractivity contribution is -0.130. The number of β-amino-alcohol motifs (C(OH)–C–C–N with tert-alkyl or cyclic N) is 1.